The van der Waals surface area contributed by atoms with Crippen molar-refractivity contribution in [2.75, 3.05) is 26.2 Å². The zero-order chi connectivity index (χ0) is 10.6. The number of nitrogens with one attached hydrogen (secondary N) is 1. The number of hydrogen-bond acceptors (Lipinski definition) is 3. The van der Waals surface area contributed by atoms with Crippen molar-refractivity contribution in [2.24, 2.45) is 11.7 Å². The van der Waals surface area contributed by atoms with Crippen molar-refractivity contribution in [1.82, 2.24) is 10.2 Å². The average Bonchev–Trinajstić information content (AvgIpc) is 2.17. The van der Waals surface area contributed by atoms with Crippen LogP contribution in [0.3, 0.4) is 0 Å². The zero-order valence-corrected chi connectivity index (χ0v) is 8.45. The van der Waals surface area contributed by atoms with Gasteiger partial charge in [0, 0.05) is 19.0 Å². The van der Waals surface area contributed by atoms with E-state index in [0.717, 1.165) is 0 Å². The van der Waals surface area contributed by atoms with Gasteiger partial charge in [0.2, 0.25) is 11.8 Å². The van der Waals surface area contributed by atoms with Gasteiger partial charge >= 0.3 is 0 Å². The average molecular weight is 199 g/mol. The Morgan fingerprint density at radius 2 is 2.43 bits per heavy atom. The number of piperazine rings is 1. The number of amides is 2. The highest BCUT2D eigenvalue weighted by molar-refractivity contribution is 5.86. The van der Waals surface area contributed by atoms with Crippen molar-refractivity contribution in [3.63, 3.8) is 0 Å². The second kappa shape index (κ2) is 4.95. The maximum atomic E-state index is 11.7. The van der Waals surface area contributed by atoms with Gasteiger partial charge < -0.3 is 16.0 Å². The maximum Gasteiger partial charge on any atom is 0.239 e. The van der Waals surface area contributed by atoms with Crippen LogP contribution in [0.5, 0.6) is 0 Å². The molecule has 1 fully saturated rings. The first-order valence-corrected chi connectivity index (χ1v) is 4.90. The Kier molecular flexibility index (Phi) is 3.88. The first-order chi connectivity index (χ1) is 6.65. The molecule has 0 spiro atoms. The molecule has 3 N–H and O–H groups in total. The summed E-state index contributed by atoms with van der Waals surface area (Å²) in [6, 6.07) is 0. The molecular formula is C9H17N3O2. The van der Waals surface area contributed by atoms with Gasteiger partial charge in [-0.1, -0.05) is 6.92 Å². The lowest BCUT2D eigenvalue weighted by atomic mass is 10.1. The number of carbonyl (C=O) groups excluding carboxylic acids is 2. The molecule has 1 unspecified atom stereocenters. The Bertz CT molecular complexity index is 230. The van der Waals surface area contributed by atoms with E-state index in [1.807, 2.05) is 6.92 Å². The van der Waals surface area contributed by atoms with Crippen LogP contribution in [0.2, 0.25) is 0 Å². The molecule has 80 valence electrons. The number of nitrogens with two attached hydrogens (primary N) is 1. The van der Waals surface area contributed by atoms with Gasteiger partial charge in [0.25, 0.3) is 0 Å². The van der Waals surface area contributed by atoms with Crippen LogP contribution in [0.1, 0.15) is 13.3 Å². The van der Waals surface area contributed by atoms with E-state index in [-0.39, 0.29) is 24.3 Å². The van der Waals surface area contributed by atoms with E-state index in [1.54, 1.807) is 4.90 Å². The molecule has 1 aliphatic rings. The van der Waals surface area contributed by atoms with Gasteiger partial charge in [-0.05, 0) is 13.0 Å². The van der Waals surface area contributed by atoms with Gasteiger partial charge in [0.1, 0.15) is 0 Å². The summed E-state index contributed by atoms with van der Waals surface area (Å²) in [6.45, 7) is 3.71. The molecule has 0 radical (unpaired) electrons. The topological polar surface area (TPSA) is 75.4 Å². The Hall–Kier alpha value is -1.10. The van der Waals surface area contributed by atoms with Crippen LogP contribution in [0.15, 0.2) is 0 Å². The summed E-state index contributed by atoms with van der Waals surface area (Å²) in [7, 11) is 0. The number of rotatable bonds is 3. The van der Waals surface area contributed by atoms with E-state index in [0.29, 0.717) is 26.1 Å². The van der Waals surface area contributed by atoms with Gasteiger partial charge in [-0.3, -0.25) is 9.59 Å². The van der Waals surface area contributed by atoms with Crippen molar-refractivity contribution >= 4 is 11.8 Å². The van der Waals surface area contributed by atoms with Gasteiger partial charge in [-0.2, -0.15) is 0 Å². The molecule has 1 rings (SSSR count). The molecule has 2 amide bonds. The molecule has 5 heteroatoms. The third kappa shape index (κ3) is 2.70. The SMILES string of the molecule is CC(CCN)C(=O)N1CCNC(=O)C1. The van der Waals surface area contributed by atoms with Gasteiger partial charge in [0.05, 0.1) is 6.54 Å². The molecule has 0 aromatic carbocycles. The summed E-state index contributed by atoms with van der Waals surface area (Å²) in [5.74, 6) is -0.124. The summed E-state index contributed by atoms with van der Waals surface area (Å²) in [5.41, 5.74) is 5.37. The highest BCUT2D eigenvalue weighted by atomic mass is 16.2. The second-order valence-corrected chi connectivity index (χ2v) is 3.59. The molecule has 1 atom stereocenters. The predicted octanol–water partition coefficient (Wildman–Crippen LogP) is -1.07. The number of hydrogen-bond donors (Lipinski definition) is 2. The molecule has 5 nitrogen and oxygen atoms in total. The molecule has 0 aromatic rings. The Morgan fingerprint density at radius 1 is 1.71 bits per heavy atom. The minimum atomic E-state index is -0.0791. The first kappa shape index (κ1) is 11.0. The maximum absolute atomic E-state index is 11.7. The van der Waals surface area contributed by atoms with Crippen LogP contribution >= 0.6 is 0 Å². The molecule has 1 heterocycles. The van der Waals surface area contributed by atoms with Crippen LogP contribution in [0.25, 0.3) is 0 Å². The summed E-state index contributed by atoms with van der Waals surface area (Å²) < 4.78 is 0. The number of carbonyl (C=O) groups is 2. The van der Waals surface area contributed by atoms with E-state index in [9.17, 15) is 9.59 Å². The summed E-state index contributed by atoms with van der Waals surface area (Å²) in [6.07, 6.45) is 0.678. The Balaban J connectivity index is 2.46. The fraction of sp³-hybridized carbons (Fsp3) is 0.778. The highest BCUT2D eigenvalue weighted by Gasteiger charge is 2.24. The first-order valence-electron chi connectivity index (χ1n) is 4.90. The Morgan fingerprint density at radius 3 is 3.00 bits per heavy atom. The normalized spacial score (nSPS) is 19.0. The zero-order valence-electron chi connectivity index (χ0n) is 8.45. The lowest BCUT2D eigenvalue weighted by molar-refractivity contribution is -0.141. The highest BCUT2D eigenvalue weighted by Crippen LogP contribution is 2.07. The van der Waals surface area contributed by atoms with Crippen LogP contribution < -0.4 is 11.1 Å². The fourth-order valence-electron chi connectivity index (χ4n) is 1.51. The van der Waals surface area contributed by atoms with Gasteiger partial charge in [-0.15, -0.1) is 0 Å². The third-order valence-electron chi connectivity index (χ3n) is 2.37. The monoisotopic (exact) mass is 199 g/mol. The molecule has 0 aliphatic carbocycles. The molecule has 1 aliphatic heterocycles. The lowest BCUT2D eigenvalue weighted by Gasteiger charge is -2.28. The summed E-state index contributed by atoms with van der Waals surface area (Å²) in [5, 5.41) is 2.68. The minimum Gasteiger partial charge on any atom is -0.353 e. The molecule has 0 saturated carbocycles. The van der Waals surface area contributed by atoms with Crippen molar-refractivity contribution in [3.05, 3.63) is 0 Å². The Labute approximate surface area is 83.6 Å². The summed E-state index contributed by atoms with van der Waals surface area (Å²) in [4.78, 5) is 24.3. The number of nitrogens with zero attached hydrogens (tertiary/aromatic N) is 1. The largest absolute Gasteiger partial charge is 0.353 e. The van der Waals surface area contributed by atoms with Crippen LogP contribution in [-0.4, -0.2) is 42.9 Å². The van der Waals surface area contributed by atoms with Crippen molar-refractivity contribution in [1.29, 1.82) is 0 Å². The second-order valence-electron chi connectivity index (χ2n) is 3.59. The molecule has 0 aromatic heterocycles. The molecule has 1 saturated heterocycles. The van der Waals surface area contributed by atoms with E-state index < -0.39 is 0 Å². The van der Waals surface area contributed by atoms with Crippen molar-refractivity contribution in [2.45, 2.75) is 13.3 Å². The van der Waals surface area contributed by atoms with E-state index in [4.69, 9.17) is 5.73 Å². The quantitative estimate of drug-likeness (QED) is 0.607. The molecule has 14 heavy (non-hydrogen) atoms. The van der Waals surface area contributed by atoms with Crippen molar-refractivity contribution in [3.8, 4) is 0 Å². The summed E-state index contributed by atoms with van der Waals surface area (Å²) >= 11 is 0. The standard InChI is InChI=1S/C9H17N3O2/c1-7(2-3-10)9(14)12-5-4-11-8(13)6-12/h7H,2-6,10H2,1H3,(H,11,13). The van der Waals surface area contributed by atoms with Crippen LogP contribution in [-0.2, 0) is 9.59 Å². The van der Waals surface area contributed by atoms with Gasteiger partial charge in [0.15, 0.2) is 0 Å². The van der Waals surface area contributed by atoms with E-state index >= 15 is 0 Å². The predicted molar refractivity (Wildman–Crippen MR) is 52.4 cm³/mol. The molecule has 0 bridgehead atoms. The van der Waals surface area contributed by atoms with E-state index in [1.165, 1.54) is 0 Å². The van der Waals surface area contributed by atoms with Crippen LogP contribution in [0.4, 0.5) is 0 Å². The smallest absolute Gasteiger partial charge is 0.239 e. The van der Waals surface area contributed by atoms with Gasteiger partial charge in [-0.25, -0.2) is 0 Å². The molecular weight excluding hydrogens is 182 g/mol. The minimum absolute atomic E-state index is 0.0327. The third-order valence-corrected chi connectivity index (χ3v) is 2.37. The fourth-order valence-corrected chi connectivity index (χ4v) is 1.51. The van der Waals surface area contributed by atoms with E-state index in [2.05, 4.69) is 5.32 Å². The van der Waals surface area contributed by atoms with Crippen LogP contribution in [0, 0.1) is 5.92 Å². The lowest BCUT2D eigenvalue weighted by Crippen LogP contribution is -2.51. The van der Waals surface area contributed by atoms with Crippen molar-refractivity contribution < 1.29 is 9.59 Å².